The van der Waals surface area contributed by atoms with Crippen molar-refractivity contribution in [2.45, 2.75) is 31.6 Å². The highest BCUT2D eigenvalue weighted by Gasteiger charge is 2.59. The Bertz CT molecular complexity index is 1000. The molecule has 0 N–H and O–H groups in total. The molecule has 4 rings (SSSR count). The van der Waals surface area contributed by atoms with E-state index in [1.807, 2.05) is 11.0 Å². The predicted octanol–water partition coefficient (Wildman–Crippen LogP) is 2.47. The molecule has 0 saturated carbocycles. The molecule has 1 atom stereocenters. The number of morpholine rings is 1. The van der Waals surface area contributed by atoms with Crippen LogP contribution in [0.1, 0.15) is 12.5 Å². The van der Waals surface area contributed by atoms with Gasteiger partial charge in [0.1, 0.15) is 11.6 Å². The maximum Gasteiger partial charge on any atom is 0.413 e. The Hall–Kier alpha value is -2.75. The van der Waals surface area contributed by atoms with E-state index in [1.54, 1.807) is 25.3 Å². The standard InChI is InChI=1S/C21H25F3N4O3/c1-20(21(22,23)24)14-27-18(29)13-17(26-8-10-31-11-9-26)25-19(27)28(20)7-6-15-4-3-5-16(12-15)30-2/h3-5,12-13H,6-11,14H2,1-2H3/t20-/m0/s1. The number of hydrogen-bond donors (Lipinski definition) is 0. The number of benzene rings is 1. The van der Waals surface area contributed by atoms with E-state index in [9.17, 15) is 18.0 Å². The van der Waals surface area contributed by atoms with Crippen LogP contribution < -0.4 is 20.1 Å². The summed E-state index contributed by atoms with van der Waals surface area (Å²) in [6.07, 6.45) is -4.19. The van der Waals surface area contributed by atoms with Crippen LogP contribution in [0.3, 0.4) is 0 Å². The van der Waals surface area contributed by atoms with E-state index >= 15 is 0 Å². The lowest BCUT2D eigenvalue weighted by atomic mass is 10.00. The molecule has 0 unspecified atom stereocenters. The summed E-state index contributed by atoms with van der Waals surface area (Å²) in [5.74, 6) is 1.08. The van der Waals surface area contributed by atoms with Gasteiger partial charge in [0, 0.05) is 25.7 Å². The van der Waals surface area contributed by atoms with E-state index in [-0.39, 0.29) is 12.5 Å². The van der Waals surface area contributed by atoms with Crippen molar-refractivity contribution in [1.82, 2.24) is 9.55 Å². The van der Waals surface area contributed by atoms with Gasteiger partial charge in [0.25, 0.3) is 5.56 Å². The third-order valence-corrected chi connectivity index (χ3v) is 5.98. The second-order valence-corrected chi connectivity index (χ2v) is 7.96. The zero-order valence-corrected chi connectivity index (χ0v) is 17.5. The van der Waals surface area contributed by atoms with E-state index in [4.69, 9.17) is 9.47 Å². The highest BCUT2D eigenvalue weighted by Crippen LogP contribution is 2.43. The summed E-state index contributed by atoms with van der Waals surface area (Å²) in [6, 6.07) is 8.54. The first-order valence-electron chi connectivity index (χ1n) is 10.1. The number of fused-ring (bicyclic) bond motifs is 1. The number of nitrogens with zero attached hydrogens (tertiary/aromatic N) is 4. The molecule has 1 saturated heterocycles. The van der Waals surface area contributed by atoms with Gasteiger partial charge in [0.2, 0.25) is 5.95 Å². The normalized spacial score (nSPS) is 21.3. The minimum absolute atomic E-state index is 0.0525. The summed E-state index contributed by atoms with van der Waals surface area (Å²) in [6.45, 7) is 2.74. The molecule has 168 valence electrons. The third-order valence-electron chi connectivity index (χ3n) is 5.98. The van der Waals surface area contributed by atoms with Crippen LogP contribution in [0.15, 0.2) is 35.1 Å². The fourth-order valence-electron chi connectivity index (χ4n) is 4.06. The van der Waals surface area contributed by atoms with E-state index in [0.717, 1.165) is 17.1 Å². The number of alkyl halides is 3. The Morgan fingerprint density at radius 2 is 1.97 bits per heavy atom. The van der Waals surface area contributed by atoms with Crippen molar-refractivity contribution < 1.29 is 22.6 Å². The van der Waals surface area contributed by atoms with Crippen molar-refractivity contribution in [2.24, 2.45) is 0 Å². The Kier molecular flexibility index (Phi) is 5.59. The Labute approximate surface area is 178 Å². The summed E-state index contributed by atoms with van der Waals surface area (Å²) < 4.78 is 54.1. The average molecular weight is 438 g/mol. The van der Waals surface area contributed by atoms with Gasteiger partial charge in [-0.15, -0.1) is 0 Å². The molecular formula is C21H25F3N4O3. The van der Waals surface area contributed by atoms with Crippen molar-refractivity contribution >= 4 is 11.8 Å². The second-order valence-electron chi connectivity index (χ2n) is 7.96. The van der Waals surface area contributed by atoms with Crippen molar-refractivity contribution in [3.63, 3.8) is 0 Å². The van der Waals surface area contributed by atoms with Gasteiger partial charge >= 0.3 is 6.18 Å². The average Bonchev–Trinajstić information content (AvgIpc) is 3.06. The Balaban J connectivity index is 1.70. The van der Waals surface area contributed by atoms with Crippen molar-refractivity contribution in [1.29, 1.82) is 0 Å². The monoisotopic (exact) mass is 438 g/mol. The van der Waals surface area contributed by atoms with Crippen LogP contribution in [-0.4, -0.2) is 61.2 Å². The lowest BCUT2D eigenvalue weighted by Gasteiger charge is -2.37. The molecule has 2 aromatic rings. The summed E-state index contributed by atoms with van der Waals surface area (Å²) in [5.41, 5.74) is -1.87. The second kappa shape index (κ2) is 8.07. The summed E-state index contributed by atoms with van der Waals surface area (Å²) in [5, 5.41) is 0. The van der Waals surface area contributed by atoms with Crippen molar-refractivity contribution in [2.75, 3.05) is 49.8 Å². The predicted molar refractivity (Wildman–Crippen MR) is 110 cm³/mol. The number of rotatable bonds is 5. The summed E-state index contributed by atoms with van der Waals surface area (Å²) in [4.78, 5) is 20.3. The van der Waals surface area contributed by atoms with Gasteiger partial charge in [-0.05, 0) is 31.0 Å². The van der Waals surface area contributed by atoms with Crippen molar-refractivity contribution in [3.8, 4) is 5.75 Å². The van der Waals surface area contributed by atoms with Gasteiger partial charge in [-0.1, -0.05) is 12.1 Å². The van der Waals surface area contributed by atoms with Gasteiger partial charge in [0.05, 0.1) is 26.9 Å². The molecule has 31 heavy (non-hydrogen) atoms. The smallest absolute Gasteiger partial charge is 0.413 e. The molecule has 1 aromatic heterocycles. The van der Waals surface area contributed by atoms with Crippen LogP contribution in [0.25, 0.3) is 0 Å². The van der Waals surface area contributed by atoms with Crippen LogP contribution in [0.2, 0.25) is 0 Å². The van der Waals surface area contributed by atoms with Crippen LogP contribution >= 0.6 is 0 Å². The van der Waals surface area contributed by atoms with Gasteiger partial charge in [-0.2, -0.15) is 18.2 Å². The van der Waals surface area contributed by atoms with Crippen LogP contribution in [-0.2, 0) is 17.7 Å². The van der Waals surface area contributed by atoms with E-state index in [0.29, 0.717) is 44.3 Å². The maximum atomic E-state index is 14.2. The molecular weight excluding hydrogens is 413 g/mol. The zero-order chi connectivity index (χ0) is 22.2. The van der Waals surface area contributed by atoms with Gasteiger partial charge < -0.3 is 19.3 Å². The topological polar surface area (TPSA) is 59.8 Å². The minimum atomic E-state index is -4.54. The number of halogens is 3. The molecule has 3 heterocycles. The maximum absolute atomic E-state index is 14.2. The number of anilines is 2. The van der Waals surface area contributed by atoms with Crippen LogP contribution in [0, 0.1) is 0 Å². The summed E-state index contributed by atoms with van der Waals surface area (Å²) in [7, 11) is 1.54. The lowest BCUT2D eigenvalue weighted by molar-refractivity contribution is -0.182. The quantitative estimate of drug-likeness (QED) is 0.715. The molecule has 1 aromatic carbocycles. The largest absolute Gasteiger partial charge is 0.497 e. The molecule has 0 amide bonds. The van der Waals surface area contributed by atoms with Crippen LogP contribution in [0.5, 0.6) is 5.75 Å². The van der Waals surface area contributed by atoms with Gasteiger partial charge in [0.15, 0.2) is 5.54 Å². The molecule has 0 bridgehead atoms. The third kappa shape index (κ3) is 3.96. The number of methoxy groups -OCH3 is 1. The summed E-state index contributed by atoms with van der Waals surface area (Å²) >= 11 is 0. The van der Waals surface area contributed by atoms with Gasteiger partial charge in [-0.3, -0.25) is 9.36 Å². The fraction of sp³-hybridized carbons (Fsp3) is 0.524. The van der Waals surface area contributed by atoms with Crippen LogP contribution in [0.4, 0.5) is 24.9 Å². The Morgan fingerprint density at radius 1 is 1.23 bits per heavy atom. The molecule has 7 nitrogen and oxygen atoms in total. The highest BCUT2D eigenvalue weighted by atomic mass is 19.4. The zero-order valence-electron chi connectivity index (χ0n) is 17.5. The first-order valence-corrected chi connectivity index (χ1v) is 10.1. The Morgan fingerprint density at radius 3 is 2.65 bits per heavy atom. The highest BCUT2D eigenvalue weighted by molar-refractivity contribution is 5.50. The van der Waals surface area contributed by atoms with Gasteiger partial charge in [-0.25, -0.2) is 0 Å². The van der Waals surface area contributed by atoms with E-state index in [2.05, 4.69) is 4.98 Å². The minimum Gasteiger partial charge on any atom is -0.497 e. The molecule has 2 aliphatic heterocycles. The van der Waals surface area contributed by atoms with E-state index < -0.39 is 23.8 Å². The first kappa shape index (κ1) is 21.5. The molecule has 1 fully saturated rings. The number of aromatic nitrogens is 2. The molecule has 2 aliphatic rings. The lowest BCUT2D eigenvalue weighted by Crippen LogP contribution is -2.56. The number of ether oxygens (including phenoxy) is 2. The SMILES string of the molecule is COc1cccc(CCN2c3nc(N4CCOCC4)cc(=O)n3C[C@@]2(C)C(F)(F)F)c1. The number of hydrogen-bond acceptors (Lipinski definition) is 6. The molecule has 0 radical (unpaired) electrons. The van der Waals surface area contributed by atoms with Crippen molar-refractivity contribution in [3.05, 3.63) is 46.2 Å². The molecule has 0 spiro atoms. The first-order chi connectivity index (χ1) is 14.7. The molecule has 0 aliphatic carbocycles. The molecule has 10 heteroatoms. The van der Waals surface area contributed by atoms with E-state index in [1.165, 1.54) is 11.0 Å². The fourth-order valence-corrected chi connectivity index (χ4v) is 4.06.